The Bertz CT molecular complexity index is 837. The number of piperazine rings is 1. The molecule has 1 aromatic carbocycles. The summed E-state index contributed by atoms with van der Waals surface area (Å²) in [5.74, 6) is 2.96. The van der Waals surface area contributed by atoms with E-state index in [-0.39, 0.29) is 0 Å². The highest BCUT2D eigenvalue weighted by Gasteiger charge is 2.24. The summed E-state index contributed by atoms with van der Waals surface area (Å²) >= 11 is 1.86. The van der Waals surface area contributed by atoms with Crippen LogP contribution in [0.5, 0.6) is 0 Å². The molecule has 0 saturated carbocycles. The number of nitriles is 1. The lowest BCUT2D eigenvalue weighted by molar-refractivity contribution is 0.637. The molecule has 27 heavy (non-hydrogen) atoms. The molecular weight excluding hydrogens is 356 g/mol. The highest BCUT2D eigenvalue weighted by Crippen LogP contribution is 2.36. The van der Waals surface area contributed by atoms with Crippen molar-refractivity contribution >= 4 is 29.2 Å². The molecule has 0 aliphatic carbocycles. The van der Waals surface area contributed by atoms with E-state index in [4.69, 9.17) is 15.2 Å². The van der Waals surface area contributed by atoms with Crippen LogP contribution in [0.2, 0.25) is 0 Å². The molecule has 1 fully saturated rings. The van der Waals surface area contributed by atoms with Gasteiger partial charge in [0.2, 0.25) is 5.95 Å². The van der Waals surface area contributed by atoms with Gasteiger partial charge in [-0.2, -0.15) is 10.2 Å². The van der Waals surface area contributed by atoms with Gasteiger partial charge in [0.25, 0.3) is 0 Å². The number of rotatable bonds is 5. The molecule has 1 aromatic heterocycles. The van der Waals surface area contributed by atoms with Crippen molar-refractivity contribution in [3.8, 4) is 6.07 Å². The zero-order valence-corrected chi connectivity index (χ0v) is 16.4. The van der Waals surface area contributed by atoms with Gasteiger partial charge in [0, 0.05) is 50.6 Å². The topological polar surface area (TPSA) is 68.1 Å². The van der Waals surface area contributed by atoms with Crippen LogP contribution in [0, 0.1) is 11.3 Å². The van der Waals surface area contributed by atoms with Crippen molar-refractivity contribution in [2.75, 3.05) is 53.6 Å². The first kappa shape index (κ1) is 17.9. The number of aryl methyl sites for hydroxylation is 1. The minimum atomic E-state index is 0.703. The van der Waals surface area contributed by atoms with Gasteiger partial charge in [-0.1, -0.05) is 6.92 Å². The molecule has 140 valence electrons. The molecule has 6 nitrogen and oxygen atoms in total. The number of aromatic nitrogens is 2. The van der Waals surface area contributed by atoms with E-state index in [1.54, 1.807) is 0 Å². The van der Waals surface area contributed by atoms with Crippen LogP contribution in [0.4, 0.5) is 17.5 Å². The zero-order chi connectivity index (χ0) is 18.6. The van der Waals surface area contributed by atoms with E-state index < -0.39 is 0 Å². The average molecular weight is 381 g/mol. The van der Waals surface area contributed by atoms with E-state index in [1.165, 1.54) is 16.3 Å². The lowest BCUT2D eigenvalue weighted by atomic mass is 10.2. The van der Waals surface area contributed by atoms with Crippen LogP contribution in [0.1, 0.15) is 24.6 Å². The maximum Gasteiger partial charge on any atom is 0.227 e. The number of hydrogen-bond acceptors (Lipinski definition) is 7. The highest BCUT2D eigenvalue weighted by atomic mass is 32.2. The van der Waals surface area contributed by atoms with Crippen LogP contribution in [0.3, 0.4) is 0 Å². The number of nitrogens with one attached hydrogen (secondary N) is 1. The molecule has 0 atom stereocenters. The van der Waals surface area contributed by atoms with E-state index in [1.807, 2.05) is 36.0 Å². The third-order valence-corrected chi connectivity index (χ3v) is 6.10. The number of nitrogens with zero attached hydrogens (tertiary/aromatic N) is 5. The Hall–Kier alpha value is -2.46. The van der Waals surface area contributed by atoms with Crippen LogP contribution < -0.4 is 15.1 Å². The molecule has 3 heterocycles. The summed E-state index contributed by atoms with van der Waals surface area (Å²) in [5, 5.41) is 12.4. The zero-order valence-electron chi connectivity index (χ0n) is 15.6. The van der Waals surface area contributed by atoms with Crippen LogP contribution >= 0.6 is 11.8 Å². The number of hydrogen-bond donors (Lipinski definition) is 1. The maximum absolute atomic E-state index is 8.95. The van der Waals surface area contributed by atoms with Gasteiger partial charge < -0.3 is 15.1 Å². The Labute approximate surface area is 164 Å². The van der Waals surface area contributed by atoms with Gasteiger partial charge in [-0.05, 0) is 30.7 Å². The van der Waals surface area contributed by atoms with E-state index in [9.17, 15) is 0 Å². The summed E-state index contributed by atoms with van der Waals surface area (Å²) in [6, 6.07) is 10.0. The van der Waals surface area contributed by atoms with Crippen molar-refractivity contribution in [3.63, 3.8) is 0 Å². The monoisotopic (exact) mass is 380 g/mol. The van der Waals surface area contributed by atoms with Gasteiger partial charge in [0.15, 0.2) is 0 Å². The van der Waals surface area contributed by atoms with Crippen molar-refractivity contribution in [2.24, 2.45) is 0 Å². The van der Waals surface area contributed by atoms with Crippen molar-refractivity contribution in [2.45, 2.75) is 24.7 Å². The predicted molar refractivity (Wildman–Crippen MR) is 111 cm³/mol. The normalized spacial score (nSPS) is 16.1. The van der Waals surface area contributed by atoms with Crippen molar-refractivity contribution in [1.29, 1.82) is 5.26 Å². The molecule has 0 spiro atoms. The smallest absolute Gasteiger partial charge is 0.227 e. The summed E-state index contributed by atoms with van der Waals surface area (Å²) in [5.41, 5.74) is 3.07. The highest BCUT2D eigenvalue weighted by molar-refractivity contribution is 7.99. The minimum absolute atomic E-state index is 0.703. The third-order valence-electron chi connectivity index (χ3n) is 4.98. The third kappa shape index (κ3) is 3.81. The first-order valence-electron chi connectivity index (χ1n) is 9.56. The second-order valence-corrected chi connectivity index (χ2v) is 7.91. The standard InChI is InChI=1S/C20H24N6S/c1-2-8-22-19-18-17(7-13-27-18)23-20(24-19)26-11-9-25(10-12-26)16-5-3-15(14-21)4-6-16/h3-6H,2,7-13H2,1H3,(H,22,23,24). The van der Waals surface area contributed by atoms with Crippen molar-refractivity contribution in [1.82, 2.24) is 9.97 Å². The molecule has 2 aliphatic heterocycles. The molecule has 0 bridgehead atoms. The van der Waals surface area contributed by atoms with Crippen LogP contribution in [-0.4, -0.2) is 48.4 Å². The van der Waals surface area contributed by atoms with Crippen LogP contribution in [0.15, 0.2) is 29.2 Å². The predicted octanol–water partition coefficient (Wildman–Crippen LogP) is 3.14. The fraction of sp³-hybridized carbons (Fsp3) is 0.450. The molecule has 1 saturated heterocycles. The second kappa shape index (κ2) is 8.05. The average Bonchev–Trinajstić information content (AvgIpc) is 3.21. The number of benzene rings is 1. The number of fused-ring (bicyclic) bond motifs is 1. The molecule has 0 unspecified atom stereocenters. The molecular formula is C20H24N6S. The maximum atomic E-state index is 8.95. The summed E-state index contributed by atoms with van der Waals surface area (Å²) < 4.78 is 0. The van der Waals surface area contributed by atoms with Gasteiger partial charge in [-0.3, -0.25) is 0 Å². The quantitative estimate of drug-likeness (QED) is 0.854. The van der Waals surface area contributed by atoms with Crippen LogP contribution in [0.25, 0.3) is 0 Å². The SMILES string of the molecule is CCCNc1nc(N2CCN(c3ccc(C#N)cc3)CC2)nc2c1SCC2. The van der Waals surface area contributed by atoms with Gasteiger partial charge in [0.05, 0.1) is 22.2 Å². The van der Waals surface area contributed by atoms with E-state index in [2.05, 4.69) is 28.1 Å². The first-order valence-corrected chi connectivity index (χ1v) is 10.5. The summed E-state index contributed by atoms with van der Waals surface area (Å²) in [4.78, 5) is 15.6. The Kier molecular flexibility index (Phi) is 5.35. The molecule has 4 rings (SSSR count). The van der Waals surface area contributed by atoms with E-state index in [0.717, 1.165) is 63.1 Å². The molecule has 2 aliphatic rings. The molecule has 2 aromatic rings. The van der Waals surface area contributed by atoms with Crippen molar-refractivity contribution in [3.05, 3.63) is 35.5 Å². The Balaban J connectivity index is 1.47. The molecule has 7 heteroatoms. The fourth-order valence-corrected chi connectivity index (χ4v) is 4.54. The van der Waals surface area contributed by atoms with Gasteiger partial charge in [-0.15, -0.1) is 11.8 Å². The molecule has 1 N–H and O–H groups in total. The molecule has 0 amide bonds. The largest absolute Gasteiger partial charge is 0.369 e. The fourth-order valence-electron chi connectivity index (χ4n) is 3.47. The Morgan fingerprint density at radius 3 is 2.56 bits per heavy atom. The lowest BCUT2D eigenvalue weighted by Crippen LogP contribution is -2.47. The summed E-state index contributed by atoms with van der Waals surface area (Å²) in [6.45, 7) is 6.77. The summed E-state index contributed by atoms with van der Waals surface area (Å²) in [6.07, 6.45) is 2.11. The number of thioether (sulfide) groups is 1. The second-order valence-electron chi connectivity index (χ2n) is 6.81. The summed E-state index contributed by atoms with van der Waals surface area (Å²) in [7, 11) is 0. The van der Waals surface area contributed by atoms with E-state index >= 15 is 0 Å². The van der Waals surface area contributed by atoms with Gasteiger partial charge >= 0.3 is 0 Å². The minimum Gasteiger partial charge on any atom is -0.369 e. The number of anilines is 3. The Morgan fingerprint density at radius 1 is 1.11 bits per heavy atom. The van der Waals surface area contributed by atoms with Crippen molar-refractivity contribution < 1.29 is 0 Å². The molecule has 0 radical (unpaired) electrons. The Morgan fingerprint density at radius 2 is 1.85 bits per heavy atom. The van der Waals surface area contributed by atoms with Gasteiger partial charge in [0.1, 0.15) is 5.82 Å². The first-order chi connectivity index (χ1) is 13.3. The van der Waals surface area contributed by atoms with Crippen LogP contribution in [-0.2, 0) is 6.42 Å². The lowest BCUT2D eigenvalue weighted by Gasteiger charge is -2.36. The van der Waals surface area contributed by atoms with Gasteiger partial charge in [-0.25, -0.2) is 4.98 Å². The van der Waals surface area contributed by atoms with E-state index in [0.29, 0.717) is 5.56 Å².